The average molecular weight is 564 g/mol. The van der Waals surface area contributed by atoms with Gasteiger partial charge in [-0.2, -0.15) is 0 Å². The summed E-state index contributed by atoms with van der Waals surface area (Å²) in [7, 11) is 2.61. The van der Waals surface area contributed by atoms with Crippen LogP contribution in [-0.4, -0.2) is 18.8 Å². The van der Waals surface area contributed by atoms with E-state index < -0.39 is 7.92 Å². The van der Waals surface area contributed by atoms with E-state index in [9.17, 15) is 0 Å². The summed E-state index contributed by atoms with van der Waals surface area (Å²) in [5.41, 5.74) is 5.51. The SMILES string of the molecule is COc1cccc(OC)c1-c1ccc2c3ccccc3n(-c3ccccc3P(c3ccccc3)c3ccccc3)c2c1. The van der Waals surface area contributed by atoms with Gasteiger partial charge in [0.25, 0.3) is 0 Å². The first kappa shape index (κ1) is 26.1. The van der Waals surface area contributed by atoms with Crippen molar-refractivity contribution in [2.24, 2.45) is 0 Å². The summed E-state index contributed by atoms with van der Waals surface area (Å²) < 4.78 is 14.0. The Labute approximate surface area is 247 Å². The van der Waals surface area contributed by atoms with Gasteiger partial charge in [0.15, 0.2) is 0 Å². The third-order valence-corrected chi connectivity index (χ3v) is 10.3. The van der Waals surface area contributed by atoms with Gasteiger partial charge in [-0.3, -0.25) is 0 Å². The number of fused-ring (bicyclic) bond motifs is 3. The van der Waals surface area contributed by atoms with Gasteiger partial charge in [0.05, 0.1) is 36.5 Å². The van der Waals surface area contributed by atoms with E-state index in [4.69, 9.17) is 9.47 Å². The number of hydrogen-bond acceptors (Lipinski definition) is 2. The monoisotopic (exact) mass is 563 g/mol. The summed E-state index contributed by atoms with van der Waals surface area (Å²) in [6.45, 7) is 0. The fourth-order valence-electron chi connectivity index (χ4n) is 5.95. The molecule has 6 aromatic carbocycles. The lowest BCUT2D eigenvalue weighted by Gasteiger charge is -2.23. The molecule has 1 aromatic heterocycles. The lowest BCUT2D eigenvalue weighted by molar-refractivity contribution is 0.397. The minimum atomic E-state index is -0.810. The van der Waals surface area contributed by atoms with Crippen LogP contribution in [0.25, 0.3) is 38.6 Å². The summed E-state index contributed by atoms with van der Waals surface area (Å²) in [5.74, 6) is 1.57. The van der Waals surface area contributed by atoms with Crippen LogP contribution in [0.5, 0.6) is 11.5 Å². The van der Waals surface area contributed by atoms with Crippen molar-refractivity contribution in [3.63, 3.8) is 0 Å². The normalized spacial score (nSPS) is 11.3. The molecule has 0 unspecified atom stereocenters. The Bertz CT molecular complexity index is 1950. The van der Waals surface area contributed by atoms with Crippen LogP contribution in [0.4, 0.5) is 0 Å². The van der Waals surface area contributed by atoms with Gasteiger partial charge in [-0.25, -0.2) is 0 Å². The molecule has 0 bridgehead atoms. The molecule has 1 heterocycles. The Morgan fingerprint density at radius 1 is 0.500 bits per heavy atom. The van der Waals surface area contributed by atoms with Gasteiger partial charge in [-0.1, -0.05) is 115 Å². The molecule has 0 N–H and O–H groups in total. The Hall–Kier alpha value is -4.85. The summed E-state index contributed by atoms with van der Waals surface area (Å²) in [4.78, 5) is 0. The van der Waals surface area contributed by atoms with Crippen LogP contribution >= 0.6 is 7.92 Å². The zero-order chi connectivity index (χ0) is 28.5. The van der Waals surface area contributed by atoms with Crippen molar-refractivity contribution in [3.05, 3.63) is 146 Å². The van der Waals surface area contributed by atoms with Crippen molar-refractivity contribution in [2.75, 3.05) is 14.2 Å². The molecule has 0 aliphatic carbocycles. The molecule has 0 amide bonds. The quantitative estimate of drug-likeness (QED) is 0.182. The van der Waals surface area contributed by atoms with E-state index in [1.54, 1.807) is 14.2 Å². The third-order valence-electron chi connectivity index (χ3n) is 7.78. The number of benzene rings is 6. The van der Waals surface area contributed by atoms with E-state index in [1.165, 1.54) is 37.9 Å². The number of ether oxygens (including phenoxy) is 2. The van der Waals surface area contributed by atoms with Crippen LogP contribution in [-0.2, 0) is 0 Å². The van der Waals surface area contributed by atoms with Gasteiger partial charge in [-0.05, 0) is 54.4 Å². The minimum Gasteiger partial charge on any atom is -0.496 e. The Morgan fingerprint density at radius 3 is 1.74 bits per heavy atom. The first-order valence-electron chi connectivity index (χ1n) is 14.0. The molecule has 0 radical (unpaired) electrons. The van der Waals surface area contributed by atoms with E-state index in [-0.39, 0.29) is 0 Å². The zero-order valence-electron chi connectivity index (χ0n) is 23.6. The topological polar surface area (TPSA) is 23.4 Å². The van der Waals surface area contributed by atoms with Gasteiger partial charge in [0.1, 0.15) is 11.5 Å². The predicted octanol–water partition coefficient (Wildman–Crippen LogP) is 8.23. The highest BCUT2D eigenvalue weighted by atomic mass is 31.1. The van der Waals surface area contributed by atoms with Crippen molar-refractivity contribution in [1.29, 1.82) is 0 Å². The second-order valence-corrected chi connectivity index (χ2v) is 12.3. The number of aromatic nitrogens is 1. The van der Waals surface area contributed by atoms with Crippen LogP contribution in [0.15, 0.2) is 146 Å². The van der Waals surface area contributed by atoms with E-state index >= 15 is 0 Å². The predicted molar refractivity (Wildman–Crippen MR) is 178 cm³/mol. The van der Waals surface area contributed by atoms with E-state index in [0.717, 1.165) is 28.1 Å². The third kappa shape index (κ3) is 4.43. The highest BCUT2D eigenvalue weighted by molar-refractivity contribution is 7.80. The fraction of sp³-hybridized carbons (Fsp3) is 0.0526. The molecule has 0 saturated heterocycles. The molecule has 0 spiro atoms. The lowest BCUT2D eigenvalue weighted by atomic mass is 10.0. The first-order chi connectivity index (χ1) is 20.8. The van der Waals surface area contributed by atoms with Crippen molar-refractivity contribution >= 4 is 45.6 Å². The Balaban J connectivity index is 1.54. The lowest BCUT2D eigenvalue weighted by Crippen LogP contribution is -2.23. The minimum absolute atomic E-state index is 0.786. The molecule has 0 atom stereocenters. The van der Waals surface area contributed by atoms with Gasteiger partial charge in [0.2, 0.25) is 0 Å². The van der Waals surface area contributed by atoms with Crippen molar-refractivity contribution in [2.45, 2.75) is 0 Å². The fourth-order valence-corrected chi connectivity index (χ4v) is 8.38. The molecule has 7 aromatic rings. The van der Waals surface area contributed by atoms with E-state index in [1.807, 2.05) is 18.2 Å². The number of hydrogen-bond donors (Lipinski definition) is 0. The molecule has 42 heavy (non-hydrogen) atoms. The van der Waals surface area contributed by atoms with Gasteiger partial charge >= 0.3 is 0 Å². The maximum atomic E-state index is 5.79. The van der Waals surface area contributed by atoms with Crippen molar-refractivity contribution in [3.8, 4) is 28.3 Å². The number of rotatable bonds is 7. The molecule has 0 saturated carbocycles. The number of methoxy groups -OCH3 is 2. The molecular weight excluding hydrogens is 533 g/mol. The molecule has 3 nitrogen and oxygen atoms in total. The van der Waals surface area contributed by atoms with Crippen LogP contribution in [0.1, 0.15) is 0 Å². The molecule has 0 aliphatic heterocycles. The Morgan fingerprint density at radius 2 is 1.07 bits per heavy atom. The molecule has 4 heteroatoms. The van der Waals surface area contributed by atoms with Crippen LogP contribution in [0.3, 0.4) is 0 Å². The van der Waals surface area contributed by atoms with Gasteiger partial charge in [-0.15, -0.1) is 0 Å². The largest absolute Gasteiger partial charge is 0.496 e. The molecule has 204 valence electrons. The van der Waals surface area contributed by atoms with Crippen molar-refractivity contribution < 1.29 is 9.47 Å². The Kier molecular flexibility index (Phi) is 6.95. The van der Waals surface area contributed by atoms with Crippen LogP contribution in [0.2, 0.25) is 0 Å². The smallest absolute Gasteiger partial charge is 0.130 e. The number of para-hydroxylation sites is 2. The second kappa shape index (κ2) is 11.2. The zero-order valence-corrected chi connectivity index (χ0v) is 24.5. The molecular formula is C38H30NO2P. The molecule has 7 rings (SSSR count). The van der Waals surface area contributed by atoms with Crippen LogP contribution < -0.4 is 25.4 Å². The van der Waals surface area contributed by atoms with E-state index in [2.05, 4.69) is 132 Å². The summed E-state index contributed by atoms with van der Waals surface area (Å²) in [5, 5.41) is 6.40. The second-order valence-electron chi connectivity index (χ2n) is 10.1. The first-order valence-corrected chi connectivity index (χ1v) is 15.4. The summed E-state index contributed by atoms with van der Waals surface area (Å²) in [6, 6.07) is 52.0. The summed E-state index contributed by atoms with van der Waals surface area (Å²) in [6.07, 6.45) is 0. The highest BCUT2D eigenvalue weighted by Crippen LogP contribution is 2.42. The van der Waals surface area contributed by atoms with Crippen molar-refractivity contribution in [1.82, 2.24) is 4.57 Å². The average Bonchev–Trinajstić information content (AvgIpc) is 3.39. The maximum Gasteiger partial charge on any atom is 0.130 e. The molecule has 0 fully saturated rings. The van der Waals surface area contributed by atoms with Gasteiger partial charge < -0.3 is 14.0 Å². The summed E-state index contributed by atoms with van der Waals surface area (Å²) >= 11 is 0. The molecule has 0 aliphatic rings. The van der Waals surface area contributed by atoms with E-state index in [0.29, 0.717) is 0 Å². The number of nitrogens with zero attached hydrogens (tertiary/aromatic N) is 1. The standard InChI is InChI=1S/C38H30NO2P/c1-40-35-21-13-22-36(41-2)38(35)27-24-25-31-30-18-9-10-19-32(30)39(34(31)26-27)33-20-11-12-23-37(33)42(28-14-5-3-6-15-28)29-16-7-4-8-17-29/h3-26H,1-2H3. The van der Waals surface area contributed by atoms with Crippen LogP contribution in [0, 0.1) is 0 Å². The highest BCUT2D eigenvalue weighted by Gasteiger charge is 2.23. The van der Waals surface area contributed by atoms with Gasteiger partial charge in [0, 0.05) is 16.1 Å². The maximum absolute atomic E-state index is 5.79.